The maximum Gasteiger partial charge on any atom is 0.291 e. The Balaban J connectivity index is 2.28. The van der Waals surface area contributed by atoms with Crippen molar-refractivity contribution in [2.45, 2.75) is 4.34 Å². The van der Waals surface area contributed by atoms with Crippen LogP contribution in [0.1, 0.15) is 0 Å². The van der Waals surface area contributed by atoms with Gasteiger partial charge in [0.1, 0.15) is 5.00 Å². The summed E-state index contributed by atoms with van der Waals surface area (Å²) in [5.41, 5.74) is 5.45. The van der Waals surface area contributed by atoms with Crippen molar-refractivity contribution in [3.63, 3.8) is 0 Å². The summed E-state index contributed by atoms with van der Waals surface area (Å²) in [6, 6.07) is 0. The number of aromatic nitrogens is 2. The number of nitrogens with zero attached hydrogens (tertiary/aromatic N) is 2. The van der Waals surface area contributed by atoms with Gasteiger partial charge in [-0.05, 0) is 0 Å². The van der Waals surface area contributed by atoms with Gasteiger partial charge in [0.15, 0.2) is 10.3 Å². The fourth-order valence-corrected chi connectivity index (χ4v) is 3.80. The summed E-state index contributed by atoms with van der Waals surface area (Å²) < 4.78 is 25.6. The number of halogens is 1. The van der Waals surface area contributed by atoms with Gasteiger partial charge in [0.2, 0.25) is 4.34 Å². The molecule has 86 valence electrons. The highest BCUT2D eigenvalue weighted by molar-refractivity contribution is 7.94. The lowest BCUT2D eigenvalue weighted by molar-refractivity contribution is 0.600. The first-order valence-electron chi connectivity index (χ1n) is 3.83. The summed E-state index contributed by atoms with van der Waals surface area (Å²) >= 11 is 7.58. The molecule has 16 heavy (non-hydrogen) atoms. The first kappa shape index (κ1) is 11.6. The van der Waals surface area contributed by atoms with E-state index in [1.54, 1.807) is 5.38 Å². The lowest BCUT2D eigenvalue weighted by atomic mass is 10.9. The third-order valence-electron chi connectivity index (χ3n) is 1.47. The van der Waals surface area contributed by atoms with Gasteiger partial charge in [0.05, 0.1) is 0 Å². The molecule has 0 aliphatic heterocycles. The van der Waals surface area contributed by atoms with E-state index in [1.165, 1.54) is 6.20 Å². The fourth-order valence-electron chi connectivity index (χ4n) is 0.859. The first-order chi connectivity index (χ1) is 7.49. The van der Waals surface area contributed by atoms with E-state index in [2.05, 4.69) is 14.7 Å². The van der Waals surface area contributed by atoms with Crippen molar-refractivity contribution in [1.29, 1.82) is 0 Å². The van der Waals surface area contributed by atoms with Gasteiger partial charge in [-0.3, -0.25) is 4.72 Å². The molecule has 2 aromatic rings. The SMILES string of the molecule is Nc1sc(NS(=O)(=O)c2nccs2)nc1Cl. The number of hydrogen-bond donors (Lipinski definition) is 2. The molecule has 0 atom stereocenters. The van der Waals surface area contributed by atoms with Crippen LogP contribution in [-0.2, 0) is 10.0 Å². The quantitative estimate of drug-likeness (QED) is 0.897. The second-order valence-electron chi connectivity index (χ2n) is 2.58. The molecule has 0 aliphatic carbocycles. The summed E-state index contributed by atoms with van der Waals surface area (Å²) in [4.78, 5) is 7.44. The van der Waals surface area contributed by atoms with Crippen molar-refractivity contribution >= 4 is 54.4 Å². The number of anilines is 2. The van der Waals surface area contributed by atoms with Crippen LogP contribution in [0.2, 0.25) is 5.15 Å². The van der Waals surface area contributed by atoms with Gasteiger partial charge in [-0.25, -0.2) is 9.97 Å². The molecule has 0 saturated carbocycles. The zero-order chi connectivity index (χ0) is 11.8. The highest BCUT2D eigenvalue weighted by Gasteiger charge is 2.19. The summed E-state index contributed by atoms with van der Waals surface area (Å²) in [6.45, 7) is 0. The van der Waals surface area contributed by atoms with Crippen LogP contribution in [0.5, 0.6) is 0 Å². The summed E-state index contributed by atoms with van der Waals surface area (Å²) in [7, 11) is -3.68. The number of nitrogen functional groups attached to an aromatic ring is 1. The zero-order valence-electron chi connectivity index (χ0n) is 7.55. The zero-order valence-corrected chi connectivity index (χ0v) is 10.8. The monoisotopic (exact) mass is 296 g/mol. The van der Waals surface area contributed by atoms with Gasteiger partial charge in [-0.1, -0.05) is 22.9 Å². The molecule has 0 aromatic carbocycles. The van der Waals surface area contributed by atoms with Gasteiger partial charge in [0.25, 0.3) is 10.0 Å². The van der Waals surface area contributed by atoms with E-state index in [4.69, 9.17) is 17.3 Å². The van der Waals surface area contributed by atoms with Gasteiger partial charge >= 0.3 is 0 Å². The molecule has 0 fully saturated rings. The molecule has 0 radical (unpaired) electrons. The Labute approximate surface area is 104 Å². The number of nitrogens with one attached hydrogen (secondary N) is 1. The van der Waals surface area contributed by atoms with Crippen LogP contribution in [0.15, 0.2) is 15.9 Å². The molecule has 6 nitrogen and oxygen atoms in total. The maximum absolute atomic E-state index is 11.7. The molecule has 2 rings (SSSR count). The van der Waals surface area contributed by atoms with Crippen LogP contribution in [0, 0.1) is 0 Å². The molecule has 0 saturated heterocycles. The summed E-state index contributed by atoms with van der Waals surface area (Å²) in [5.74, 6) is 0. The van der Waals surface area contributed by atoms with Gasteiger partial charge in [-0.2, -0.15) is 8.42 Å². The third kappa shape index (κ3) is 2.26. The van der Waals surface area contributed by atoms with Crippen molar-refractivity contribution in [1.82, 2.24) is 9.97 Å². The molecular weight excluding hydrogens is 292 g/mol. The van der Waals surface area contributed by atoms with Crippen LogP contribution >= 0.6 is 34.3 Å². The lowest BCUT2D eigenvalue weighted by Gasteiger charge is -1.99. The molecule has 2 aromatic heterocycles. The number of rotatable bonds is 3. The van der Waals surface area contributed by atoms with Gasteiger partial charge in [0, 0.05) is 11.6 Å². The average Bonchev–Trinajstić information content (AvgIpc) is 2.77. The van der Waals surface area contributed by atoms with Crippen LogP contribution in [0.25, 0.3) is 0 Å². The Kier molecular flexibility index (Phi) is 3.02. The van der Waals surface area contributed by atoms with Crippen molar-refractivity contribution in [2.24, 2.45) is 0 Å². The smallest absolute Gasteiger partial charge is 0.291 e. The van der Waals surface area contributed by atoms with Crippen molar-refractivity contribution in [3.05, 3.63) is 16.7 Å². The van der Waals surface area contributed by atoms with Crippen molar-refractivity contribution < 1.29 is 8.42 Å². The van der Waals surface area contributed by atoms with Gasteiger partial charge in [-0.15, -0.1) is 11.3 Å². The lowest BCUT2D eigenvalue weighted by Crippen LogP contribution is -2.12. The van der Waals surface area contributed by atoms with E-state index < -0.39 is 10.0 Å². The maximum atomic E-state index is 11.7. The predicted octanol–water partition coefficient (Wildman–Crippen LogP) is 1.64. The highest BCUT2D eigenvalue weighted by Crippen LogP contribution is 2.30. The summed E-state index contributed by atoms with van der Waals surface area (Å²) in [5, 5.41) is 2.04. The third-order valence-corrected chi connectivity index (χ3v) is 5.34. The summed E-state index contributed by atoms with van der Waals surface area (Å²) in [6.07, 6.45) is 1.41. The topological polar surface area (TPSA) is 98.0 Å². The standard InChI is InChI=1S/C6H5ClN4O2S3/c7-3-4(8)15-5(10-3)11-16(12,13)6-9-1-2-14-6/h1-2H,8H2,(H,10,11). The highest BCUT2D eigenvalue weighted by atomic mass is 35.5. The van der Waals surface area contributed by atoms with E-state index in [0.717, 1.165) is 22.7 Å². The molecule has 0 aliphatic rings. The minimum atomic E-state index is -3.68. The van der Waals surface area contributed by atoms with E-state index in [-0.39, 0.29) is 19.6 Å². The molecule has 3 N–H and O–H groups in total. The minimum absolute atomic E-state index is 0.0302. The number of hydrogen-bond acceptors (Lipinski definition) is 7. The van der Waals surface area contributed by atoms with Crippen LogP contribution < -0.4 is 10.5 Å². The molecule has 0 bridgehead atoms. The van der Waals surface area contributed by atoms with E-state index >= 15 is 0 Å². The first-order valence-corrected chi connectivity index (χ1v) is 7.39. The minimum Gasteiger partial charge on any atom is -0.388 e. The van der Waals surface area contributed by atoms with E-state index in [0.29, 0.717) is 0 Å². The molecule has 0 spiro atoms. The number of sulfonamides is 1. The number of nitrogens with two attached hydrogens (primary N) is 1. The normalized spacial score (nSPS) is 11.6. The Morgan fingerprint density at radius 2 is 2.25 bits per heavy atom. The average molecular weight is 297 g/mol. The van der Waals surface area contributed by atoms with E-state index in [9.17, 15) is 8.42 Å². The molecule has 0 amide bonds. The second kappa shape index (κ2) is 4.17. The van der Waals surface area contributed by atoms with Crippen LogP contribution in [0.4, 0.5) is 10.1 Å². The fraction of sp³-hybridized carbons (Fsp3) is 0. The molecule has 10 heteroatoms. The van der Waals surface area contributed by atoms with Crippen LogP contribution in [-0.4, -0.2) is 18.4 Å². The molecule has 2 heterocycles. The van der Waals surface area contributed by atoms with Crippen molar-refractivity contribution in [2.75, 3.05) is 10.5 Å². The molecular formula is C6H5ClN4O2S3. The largest absolute Gasteiger partial charge is 0.388 e. The van der Waals surface area contributed by atoms with Crippen molar-refractivity contribution in [3.8, 4) is 0 Å². The second-order valence-corrected chi connectivity index (χ2v) is 6.72. The predicted molar refractivity (Wildman–Crippen MR) is 64.5 cm³/mol. The van der Waals surface area contributed by atoms with E-state index in [1.807, 2.05) is 0 Å². The Morgan fingerprint density at radius 1 is 1.50 bits per heavy atom. The Morgan fingerprint density at radius 3 is 2.75 bits per heavy atom. The Bertz CT molecular complexity index is 572. The molecule has 0 unspecified atom stereocenters. The van der Waals surface area contributed by atoms with Crippen LogP contribution in [0.3, 0.4) is 0 Å². The number of thiazole rings is 2. The Hall–Kier alpha value is -0.900. The van der Waals surface area contributed by atoms with Gasteiger partial charge < -0.3 is 5.73 Å².